The van der Waals surface area contributed by atoms with Gasteiger partial charge in [0.2, 0.25) is 0 Å². The number of anilines is 1. The first-order chi connectivity index (χ1) is 9.48. The van der Waals surface area contributed by atoms with Crippen molar-refractivity contribution in [3.8, 4) is 0 Å². The summed E-state index contributed by atoms with van der Waals surface area (Å²) in [5.74, 6) is 0. The molecule has 0 saturated carbocycles. The van der Waals surface area contributed by atoms with Crippen LogP contribution < -0.4 is 10.2 Å². The molecule has 0 radical (unpaired) electrons. The van der Waals surface area contributed by atoms with Crippen molar-refractivity contribution in [3.63, 3.8) is 0 Å². The Hall–Kier alpha value is -1.27. The fourth-order valence-corrected chi connectivity index (χ4v) is 1.99. The van der Waals surface area contributed by atoms with Gasteiger partial charge in [-0.1, -0.05) is 25.1 Å². The van der Waals surface area contributed by atoms with E-state index >= 15 is 0 Å². The number of alkyl halides is 3. The average molecular weight is 290 g/mol. The molecule has 0 bridgehead atoms. The normalized spacial score (nSPS) is 11.7. The van der Waals surface area contributed by atoms with Crippen LogP contribution in [-0.4, -0.2) is 37.5 Å². The molecule has 0 fully saturated rings. The summed E-state index contributed by atoms with van der Waals surface area (Å²) >= 11 is 0. The van der Waals surface area contributed by atoms with Gasteiger partial charge in [0.1, 0.15) is 6.54 Å². The molecule has 1 rings (SSSR count). The summed E-state index contributed by atoms with van der Waals surface area (Å²) in [7, 11) is 0. The highest BCUT2D eigenvalue weighted by Gasteiger charge is 2.31. The first kappa shape index (κ1) is 16.8. The first-order valence-electron chi connectivity index (χ1n) is 6.69. The Morgan fingerprint density at radius 2 is 1.95 bits per heavy atom. The molecular formula is C14H21F3N2O. The number of nitrogens with one attached hydrogen (secondary N) is 1. The average Bonchev–Trinajstić information content (AvgIpc) is 2.38. The summed E-state index contributed by atoms with van der Waals surface area (Å²) in [4.78, 5) is 1.17. The van der Waals surface area contributed by atoms with Gasteiger partial charge < -0.3 is 15.3 Å². The van der Waals surface area contributed by atoms with Crippen LogP contribution in [0.25, 0.3) is 0 Å². The third kappa shape index (κ3) is 5.79. The lowest BCUT2D eigenvalue weighted by Gasteiger charge is -2.27. The number of para-hydroxylation sites is 1. The van der Waals surface area contributed by atoms with Crippen LogP contribution in [0.2, 0.25) is 0 Å². The predicted octanol–water partition coefficient (Wildman–Crippen LogP) is 2.55. The molecule has 0 atom stereocenters. The lowest BCUT2D eigenvalue weighted by molar-refractivity contribution is -0.119. The molecule has 1 aromatic rings. The molecular weight excluding hydrogens is 269 g/mol. The van der Waals surface area contributed by atoms with Gasteiger partial charge in [-0.2, -0.15) is 13.2 Å². The van der Waals surface area contributed by atoms with E-state index in [2.05, 4.69) is 5.32 Å². The first-order valence-corrected chi connectivity index (χ1v) is 6.69. The van der Waals surface area contributed by atoms with Gasteiger partial charge in [-0.15, -0.1) is 0 Å². The maximum atomic E-state index is 12.6. The summed E-state index contributed by atoms with van der Waals surface area (Å²) in [5.41, 5.74) is 1.32. The van der Waals surface area contributed by atoms with Gasteiger partial charge in [-0.25, -0.2) is 0 Å². The summed E-state index contributed by atoms with van der Waals surface area (Å²) in [6.07, 6.45) is -3.33. The quantitative estimate of drug-likeness (QED) is 0.722. The lowest BCUT2D eigenvalue weighted by Crippen LogP contribution is -2.37. The largest absolute Gasteiger partial charge is 0.405 e. The molecule has 0 aliphatic heterocycles. The smallest absolute Gasteiger partial charge is 0.395 e. The highest BCUT2D eigenvalue weighted by molar-refractivity contribution is 5.53. The van der Waals surface area contributed by atoms with Crippen LogP contribution in [0.4, 0.5) is 18.9 Å². The topological polar surface area (TPSA) is 35.5 Å². The van der Waals surface area contributed by atoms with Gasteiger partial charge in [0.05, 0.1) is 6.61 Å². The number of aliphatic hydroxyl groups is 1. The Balaban J connectivity index is 2.88. The van der Waals surface area contributed by atoms with E-state index < -0.39 is 12.7 Å². The molecule has 2 N–H and O–H groups in total. The van der Waals surface area contributed by atoms with Gasteiger partial charge in [0, 0.05) is 18.8 Å². The highest BCUT2D eigenvalue weighted by atomic mass is 19.4. The monoisotopic (exact) mass is 290 g/mol. The van der Waals surface area contributed by atoms with Crippen molar-refractivity contribution in [2.75, 3.05) is 31.1 Å². The predicted molar refractivity (Wildman–Crippen MR) is 73.8 cm³/mol. The molecule has 1 aromatic carbocycles. The molecule has 20 heavy (non-hydrogen) atoms. The van der Waals surface area contributed by atoms with Crippen molar-refractivity contribution in [1.82, 2.24) is 5.32 Å². The number of rotatable bonds is 8. The lowest BCUT2D eigenvalue weighted by atomic mass is 10.1. The van der Waals surface area contributed by atoms with Crippen LogP contribution in [0, 0.1) is 0 Å². The molecule has 0 spiro atoms. The highest BCUT2D eigenvalue weighted by Crippen LogP contribution is 2.25. The summed E-state index contributed by atoms with van der Waals surface area (Å²) in [5, 5.41) is 12.2. The molecule has 0 saturated heterocycles. The number of halogens is 3. The zero-order valence-electron chi connectivity index (χ0n) is 11.6. The van der Waals surface area contributed by atoms with E-state index in [-0.39, 0.29) is 13.2 Å². The Labute approximate surface area is 117 Å². The van der Waals surface area contributed by atoms with E-state index in [1.807, 2.05) is 6.92 Å². The summed E-state index contributed by atoms with van der Waals surface area (Å²) < 4.78 is 37.8. The van der Waals surface area contributed by atoms with E-state index in [1.165, 1.54) is 4.90 Å². The second-order valence-corrected chi connectivity index (χ2v) is 4.57. The minimum Gasteiger partial charge on any atom is -0.395 e. The number of hydrogen-bond acceptors (Lipinski definition) is 3. The molecule has 0 aliphatic rings. The van der Waals surface area contributed by atoms with E-state index in [4.69, 9.17) is 5.11 Å². The molecule has 0 aliphatic carbocycles. The molecule has 0 aromatic heterocycles. The van der Waals surface area contributed by atoms with Crippen molar-refractivity contribution in [1.29, 1.82) is 0 Å². The van der Waals surface area contributed by atoms with Crippen molar-refractivity contribution in [2.24, 2.45) is 0 Å². The van der Waals surface area contributed by atoms with Gasteiger partial charge in [0.15, 0.2) is 0 Å². The molecule has 6 heteroatoms. The second-order valence-electron chi connectivity index (χ2n) is 4.57. The Morgan fingerprint density at radius 1 is 1.25 bits per heavy atom. The van der Waals surface area contributed by atoms with Gasteiger partial charge in [-0.05, 0) is 24.6 Å². The van der Waals surface area contributed by atoms with Crippen LogP contribution in [0.1, 0.15) is 18.9 Å². The van der Waals surface area contributed by atoms with E-state index in [0.29, 0.717) is 12.2 Å². The van der Waals surface area contributed by atoms with Crippen LogP contribution in [0.3, 0.4) is 0 Å². The van der Waals surface area contributed by atoms with Crippen molar-refractivity contribution in [3.05, 3.63) is 29.8 Å². The number of aliphatic hydroxyl groups excluding tert-OH is 1. The molecule has 0 heterocycles. The van der Waals surface area contributed by atoms with E-state index in [0.717, 1.165) is 18.5 Å². The standard InChI is InChI=1S/C14H21F3N2O/c1-2-7-18-10-12-5-3-4-6-13(12)19(8-9-20)11-14(15,16)17/h3-6,18,20H,2,7-11H2,1H3. The van der Waals surface area contributed by atoms with Gasteiger partial charge in [0.25, 0.3) is 0 Å². The van der Waals surface area contributed by atoms with Gasteiger partial charge >= 0.3 is 6.18 Å². The molecule has 3 nitrogen and oxygen atoms in total. The summed E-state index contributed by atoms with van der Waals surface area (Å²) in [6.45, 7) is 1.95. The molecule has 0 unspecified atom stereocenters. The van der Waals surface area contributed by atoms with Crippen LogP contribution >= 0.6 is 0 Å². The zero-order chi connectivity index (χ0) is 15.0. The fraction of sp³-hybridized carbons (Fsp3) is 0.571. The van der Waals surface area contributed by atoms with Crippen LogP contribution in [-0.2, 0) is 6.54 Å². The molecule has 114 valence electrons. The zero-order valence-corrected chi connectivity index (χ0v) is 11.6. The minimum atomic E-state index is -4.29. The van der Waals surface area contributed by atoms with Crippen molar-refractivity contribution < 1.29 is 18.3 Å². The maximum absolute atomic E-state index is 12.6. The number of nitrogens with zero attached hydrogens (tertiary/aromatic N) is 1. The fourth-order valence-electron chi connectivity index (χ4n) is 1.99. The van der Waals surface area contributed by atoms with Gasteiger partial charge in [-0.3, -0.25) is 0 Å². The third-order valence-corrected chi connectivity index (χ3v) is 2.81. The Morgan fingerprint density at radius 3 is 2.55 bits per heavy atom. The number of benzene rings is 1. The molecule has 0 amide bonds. The van der Waals surface area contributed by atoms with E-state index in [1.54, 1.807) is 24.3 Å². The minimum absolute atomic E-state index is 0.0374. The third-order valence-electron chi connectivity index (χ3n) is 2.81. The van der Waals surface area contributed by atoms with Crippen molar-refractivity contribution >= 4 is 5.69 Å². The van der Waals surface area contributed by atoms with Crippen LogP contribution in [0.5, 0.6) is 0 Å². The maximum Gasteiger partial charge on any atom is 0.405 e. The Kier molecular flexibility index (Phi) is 6.81. The number of hydrogen-bond donors (Lipinski definition) is 2. The SMILES string of the molecule is CCCNCc1ccccc1N(CCO)CC(F)(F)F. The van der Waals surface area contributed by atoms with Crippen LogP contribution in [0.15, 0.2) is 24.3 Å². The van der Waals surface area contributed by atoms with Crippen molar-refractivity contribution in [2.45, 2.75) is 26.1 Å². The Bertz CT molecular complexity index is 396. The second kappa shape index (κ2) is 8.11. The summed E-state index contributed by atoms with van der Waals surface area (Å²) in [6, 6.07) is 6.97. The van der Waals surface area contributed by atoms with E-state index in [9.17, 15) is 13.2 Å².